The van der Waals surface area contributed by atoms with Crippen molar-refractivity contribution in [2.24, 2.45) is 5.73 Å². The van der Waals surface area contributed by atoms with E-state index in [2.05, 4.69) is 34.0 Å². The lowest BCUT2D eigenvalue weighted by Gasteiger charge is -2.37. The molecule has 1 aromatic rings. The Bertz CT molecular complexity index is 442. The van der Waals surface area contributed by atoms with E-state index < -0.39 is 0 Å². The Balaban J connectivity index is 2.12. The Morgan fingerprint density at radius 2 is 2.21 bits per heavy atom. The van der Waals surface area contributed by atoms with E-state index in [1.165, 1.54) is 0 Å². The Hall–Kier alpha value is -1.27. The van der Waals surface area contributed by atoms with Gasteiger partial charge in [-0.25, -0.2) is 0 Å². The third kappa shape index (κ3) is 3.19. The third-order valence-electron chi connectivity index (χ3n) is 3.85. The van der Waals surface area contributed by atoms with Crippen molar-refractivity contribution < 1.29 is 0 Å². The molecule has 0 bridgehead atoms. The molecule has 6 heteroatoms. The fraction of sp³-hybridized carbons (Fsp3) is 0.615. The highest BCUT2D eigenvalue weighted by atomic mass is 32.1. The fourth-order valence-electron chi connectivity index (χ4n) is 2.57. The van der Waals surface area contributed by atoms with Crippen LogP contribution in [0.2, 0.25) is 0 Å². The molecule has 1 aliphatic rings. The predicted molar refractivity (Wildman–Crippen MR) is 81.5 cm³/mol. The van der Waals surface area contributed by atoms with Crippen LogP contribution in [-0.4, -0.2) is 52.8 Å². The summed E-state index contributed by atoms with van der Waals surface area (Å²) in [6.45, 7) is 5.60. The largest absolute Gasteiger partial charge is 0.389 e. The van der Waals surface area contributed by atoms with E-state index in [4.69, 9.17) is 18.0 Å². The van der Waals surface area contributed by atoms with Crippen LogP contribution in [0.5, 0.6) is 0 Å². The standard InChI is InChI=1S/C13H21N5S/c1-3-18-8-5-10(6-9-18)17(2)13-11(12(14)19)4-7-15-16-13/h4,7,10H,3,5-6,8-9H2,1-2H3,(H2,14,19). The monoisotopic (exact) mass is 279 g/mol. The highest BCUT2D eigenvalue weighted by molar-refractivity contribution is 7.80. The molecule has 0 saturated carbocycles. The lowest BCUT2D eigenvalue weighted by Crippen LogP contribution is -2.44. The zero-order valence-corrected chi connectivity index (χ0v) is 12.4. The third-order valence-corrected chi connectivity index (χ3v) is 4.07. The number of aromatic nitrogens is 2. The molecule has 5 nitrogen and oxygen atoms in total. The first-order valence-corrected chi connectivity index (χ1v) is 7.11. The summed E-state index contributed by atoms with van der Waals surface area (Å²) in [5, 5.41) is 8.17. The highest BCUT2D eigenvalue weighted by Crippen LogP contribution is 2.22. The molecule has 1 aromatic heterocycles. The number of piperidine rings is 1. The van der Waals surface area contributed by atoms with Gasteiger partial charge in [0, 0.05) is 26.2 Å². The van der Waals surface area contributed by atoms with Gasteiger partial charge in [-0.15, -0.1) is 5.10 Å². The average Bonchev–Trinajstić information content (AvgIpc) is 2.46. The summed E-state index contributed by atoms with van der Waals surface area (Å²) in [6, 6.07) is 2.31. The molecule has 0 unspecified atom stereocenters. The molecule has 104 valence electrons. The second-order valence-corrected chi connectivity index (χ2v) is 5.35. The van der Waals surface area contributed by atoms with Crippen LogP contribution in [-0.2, 0) is 0 Å². The van der Waals surface area contributed by atoms with Gasteiger partial charge in [0.15, 0.2) is 5.82 Å². The fourth-order valence-corrected chi connectivity index (χ4v) is 2.73. The second kappa shape index (κ2) is 6.25. The minimum atomic E-state index is 0.378. The molecule has 1 saturated heterocycles. The van der Waals surface area contributed by atoms with Crippen molar-refractivity contribution >= 4 is 23.0 Å². The Kier molecular flexibility index (Phi) is 4.66. The van der Waals surface area contributed by atoms with Crippen molar-refractivity contribution in [3.8, 4) is 0 Å². The molecule has 19 heavy (non-hydrogen) atoms. The molecular formula is C13H21N5S. The Morgan fingerprint density at radius 3 is 2.79 bits per heavy atom. The smallest absolute Gasteiger partial charge is 0.161 e. The predicted octanol–water partition coefficient (Wildman–Crippen LogP) is 1.03. The highest BCUT2D eigenvalue weighted by Gasteiger charge is 2.24. The Morgan fingerprint density at radius 1 is 1.53 bits per heavy atom. The number of anilines is 1. The first-order chi connectivity index (χ1) is 9.13. The lowest BCUT2D eigenvalue weighted by molar-refractivity contribution is 0.220. The number of likely N-dealkylation sites (tertiary alicyclic amines) is 1. The topological polar surface area (TPSA) is 58.3 Å². The van der Waals surface area contributed by atoms with Crippen molar-refractivity contribution in [2.45, 2.75) is 25.8 Å². The van der Waals surface area contributed by atoms with E-state index in [1.54, 1.807) is 6.20 Å². The number of nitrogens with two attached hydrogens (primary N) is 1. The summed E-state index contributed by atoms with van der Waals surface area (Å²) >= 11 is 5.08. The van der Waals surface area contributed by atoms with Crippen molar-refractivity contribution in [2.75, 3.05) is 31.6 Å². The van der Waals surface area contributed by atoms with E-state index >= 15 is 0 Å². The normalized spacial score (nSPS) is 17.4. The zero-order valence-electron chi connectivity index (χ0n) is 11.5. The van der Waals surface area contributed by atoms with E-state index in [-0.39, 0.29) is 0 Å². The summed E-state index contributed by atoms with van der Waals surface area (Å²) in [4.78, 5) is 5.02. The molecule has 0 spiro atoms. The summed E-state index contributed by atoms with van der Waals surface area (Å²) in [7, 11) is 2.05. The minimum Gasteiger partial charge on any atom is -0.389 e. The number of hydrogen-bond acceptors (Lipinski definition) is 5. The molecule has 1 aliphatic heterocycles. The van der Waals surface area contributed by atoms with Gasteiger partial charge in [0.1, 0.15) is 4.99 Å². The molecule has 2 rings (SSSR count). The van der Waals surface area contributed by atoms with E-state index in [1.807, 2.05) is 6.07 Å². The molecular weight excluding hydrogens is 258 g/mol. The molecule has 2 heterocycles. The van der Waals surface area contributed by atoms with E-state index in [0.29, 0.717) is 11.0 Å². The first-order valence-electron chi connectivity index (χ1n) is 6.70. The SMILES string of the molecule is CCN1CCC(N(C)c2nnccc2C(N)=S)CC1. The van der Waals surface area contributed by atoms with Crippen molar-refractivity contribution in [3.05, 3.63) is 17.8 Å². The molecule has 0 aromatic carbocycles. The zero-order chi connectivity index (χ0) is 13.8. The Labute approximate surface area is 119 Å². The van der Waals surface area contributed by atoms with E-state index in [9.17, 15) is 0 Å². The van der Waals surface area contributed by atoms with Gasteiger partial charge in [-0.1, -0.05) is 19.1 Å². The summed E-state index contributed by atoms with van der Waals surface area (Å²) in [5.41, 5.74) is 6.56. The van der Waals surface area contributed by atoms with Crippen LogP contribution in [0.1, 0.15) is 25.3 Å². The van der Waals surface area contributed by atoms with Gasteiger partial charge >= 0.3 is 0 Å². The maximum Gasteiger partial charge on any atom is 0.161 e. The quantitative estimate of drug-likeness (QED) is 0.831. The van der Waals surface area contributed by atoms with Crippen LogP contribution in [0, 0.1) is 0 Å². The summed E-state index contributed by atoms with van der Waals surface area (Å²) in [5.74, 6) is 0.796. The van der Waals surface area contributed by atoms with Crippen LogP contribution < -0.4 is 10.6 Å². The van der Waals surface area contributed by atoms with Crippen molar-refractivity contribution in [1.82, 2.24) is 15.1 Å². The molecule has 2 N–H and O–H groups in total. The van der Waals surface area contributed by atoms with Crippen molar-refractivity contribution in [1.29, 1.82) is 0 Å². The molecule has 0 atom stereocenters. The van der Waals surface area contributed by atoms with Crippen LogP contribution in [0.3, 0.4) is 0 Å². The van der Waals surface area contributed by atoms with Crippen LogP contribution in [0.15, 0.2) is 12.3 Å². The number of rotatable bonds is 4. The molecule has 0 amide bonds. The molecule has 1 fully saturated rings. The summed E-state index contributed by atoms with van der Waals surface area (Å²) in [6.07, 6.45) is 3.90. The van der Waals surface area contributed by atoms with Gasteiger partial charge in [-0.05, 0) is 25.5 Å². The van der Waals surface area contributed by atoms with Crippen LogP contribution in [0.4, 0.5) is 5.82 Å². The van der Waals surface area contributed by atoms with Gasteiger partial charge in [-0.3, -0.25) is 0 Å². The lowest BCUT2D eigenvalue weighted by atomic mass is 10.0. The van der Waals surface area contributed by atoms with Gasteiger partial charge < -0.3 is 15.5 Å². The van der Waals surface area contributed by atoms with Gasteiger partial charge in [0.05, 0.1) is 11.8 Å². The van der Waals surface area contributed by atoms with Crippen molar-refractivity contribution in [3.63, 3.8) is 0 Å². The van der Waals surface area contributed by atoms with Gasteiger partial charge in [0.25, 0.3) is 0 Å². The maximum absolute atomic E-state index is 5.75. The molecule has 0 aliphatic carbocycles. The maximum atomic E-state index is 5.75. The minimum absolute atomic E-state index is 0.378. The van der Waals surface area contributed by atoms with Crippen LogP contribution >= 0.6 is 12.2 Å². The first kappa shape index (κ1) is 14.1. The summed E-state index contributed by atoms with van der Waals surface area (Å²) < 4.78 is 0. The number of thiocarbonyl (C=S) groups is 1. The van der Waals surface area contributed by atoms with Gasteiger partial charge in [0.2, 0.25) is 0 Å². The average molecular weight is 279 g/mol. The number of nitrogens with zero attached hydrogens (tertiary/aromatic N) is 4. The molecule has 0 radical (unpaired) electrons. The van der Waals surface area contributed by atoms with Crippen LogP contribution in [0.25, 0.3) is 0 Å². The van der Waals surface area contributed by atoms with E-state index in [0.717, 1.165) is 43.9 Å². The number of hydrogen-bond donors (Lipinski definition) is 1. The van der Waals surface area contributed by atoms with Gasteiger partial charge in [-0.2, -0.15) is 5.10 Å². The second-order valence-electron chi connectivity index (χ2n) is 4.91.